The number of ether oxygens (including phenoxy) is 1. The van der Waals surface area contributed by atoms with E-state index in [9.17, 15) is 4.79 Å². The van der Waals surface area contributed by atoms with Crippen molar-refractivity contribution < 1.29 is 9.53 Å². The topological polar surface area (TPSA) is 41.6 Å². The van der Waals surface area contributed by atoms with Gasteiger partial charge in [0.1, 0.15) is 5.60 Å². The minimum absolute atomic E-state index is 0.226. The van der Waals surface area contributed by atoms with E-state index in [0.717, 1.165) is 18.7 Å². The first-order chi connectivity index (χ1) is 11.9. The Labute approximate surface area is 149 Å². The largest absolute Gasteiger partial charge is 0.444 e. The van der Waals surface area contributed by atoms with Crippen molar-refractivity contribution in [2.24, 2.45) is 0 Å². The van der Waals surface area contributed by atoms with E-state index >= 15 is 0 Å². The number of carbonyl (C=O) groups is 1. The smallest absolute Gasteiger partial charge is 0.410 e. The number of benzene rings is 2. The Morgan fingerprint density at radius 3 is 2.32 bits per heavy atom. The molecular weight excluding hydrogens is 312 g/mol. The number of anilines is 1. The highest BCUT2D eigenvalue weighted by atomic mass is 16.6. The molecule has 0 bridgehead atoms. The van der Waals surface area contributed by atoms with Crippen molar-refractivity contribution in [1.29, 1.82) is 0 Å². The van der Waals surface area contributed by atoms with Gasteiger partial charge < -0.3 is 15.0 Å². The van der Waals surface area contributed by atoms with E-state index in [0.29, 0.717) is 6.54 Å². The summed E-state index contributed by atoms with van der Waals surface area (Å²) in [6.45, 7) is 7.09. The maximum absolute atomic E-state index is 12.1. The van der Waals surface area contributed by atoms with Gasteiger partial charge in [-0.2, -0.15) is 0 Å². The normalized spacial score (nSPS) is 17.4. The van der Waals surface area contributed by atoms with Crippen LogP contribution in [-0.2, 0) is 4.74 Å². The molecule has 0 radical (unpaired) electrons. The van der Waals surface area contributed by atoms with Gasteiger partial charge in [0.2, 0.25) is 0 Å². The van der Waals surface area contributed by atoms with Crippen LogP contribution >= 0.6 is 0 Å². The summed E-state index contributed by atoms with van der Waals surface area (Å²) in [5.74, 6) is 0. The van der Waals surface area contributed by atoms with Crippen LogP contribution in [0.3, 0.4) is 0 Å². The first kappa shape index (κ1) is 17.3. The third kappa shape index (κ3) is 4.75. The fourth-order valence-corrected chi connectivity index (χ4v) is 3.00. The molecule has 1 aliphatic rings. The molecule has 1 amide bonds. The molecule has 1 atom stereocenters. The van der Waals surface area contributed by atoms with Gasteiger partial charge in [-0.25, -0.2) is 4.79 Å². The molecule has 25 heavy (non-hydrogen) atoms. The molecule has 1 saturated heterocycles. The van der Waals surface area contributed by atoms with Gasteiger partial charge >= 0.3 is 6.09 Å². The Balaban J connectivity index is 1.56. The lowest BCUT2D eigenvalue weighted by Gasteiger charge is -2.24. The number of rotatable bonds is 3. The molecule has 1 heterocycles. The monoisotopic (exact) mass is 338 g/mol. The van der Waals surface area contributed by atoms with Crippen LogP contribution in [0, 0.1) is 0 Å². The van der Waals surface area contributed by atoms with E-state index in [1.165, 1.54) is 11.1 Å². The molecule has 4 heteroatoms. The quantitative estimate of drug-likeness (QED) is 0.876. The average molecular weight is 338 g/mol. The number of hydrogen-bond acceptors (Lipinski definition) is 3. The van der Waals surface area contributed by atoms with Crippen LogP contribution in [0.15, 0.2) is 54.6 Å². The molecule has 0 saturated carbocycles. The summed E-state index contributed by atoms with van der Waals surface area (Å²) in [6, 6.07) is 19.0. The number of nitrogens with zero attached hydrogens (tertiary/aromatic N) is 1. The summed E-state index contributed by atoms with van der Waals surface area (Å²) in [5.41, 5.74) is 3.05. The predicted octanol–water partition coefficient (Wildman–Crippen LogP) is 4.77. The number of amides is 1. The van der Waals surface area contributed by atoms with Crippen molar-refractivity contribution in [3.05, 3.63) is 54.6 Å². The summed E-state index contributed by atoms with van der Waals surface area (Å²) >= 11 is 0. The lowest BCUT2D eigenvalue weighted by atomic mass is 10.1. The van der Waals surface area contributed by atoms with E-state index in [1.54, 1.807) is 4.90 Å². The van der Waals surface area contributed by atoms with Crippen LogP contribution < -0.4 is 5.32 Å². The Kier molecular flexibility index (Phi) is 4.98. The third-order valence-electron chi connectivity index (χ3n) is 4.20. The minimum Gasteiger partial charge on any atom is -0.444 e. The maximum Gasteiger partial charge on any atom is 0.410 e. The van der Waals surface area contributed by atoms with Crippen molar-refractivity contribution in [1.82, 2.24) is 4.90 Å². The highest BCUT2D eigenvalue weighted by Gasteiger charge is 2.29. The van der Waals surface area contributed by atoms with Gasteiger partial charge in [0, 0.05) is 24.8 Å². The maximum atomic E-state index is 12.1. The molecule has 1 N–H and O–H groups in total. The highest BCUT2D eigenvalue weighted by Crippen LogP contribution is 2.23. The number of nitrogens with one attached hydrogen (secondary N) is 1. The molecule has 0 aliphatic carbocycles. The molecular formula is C21H26N2O2. The van der Waals surface area contributed by atoms with Crippen molar-refractivity contribution in [2.45, 2.75) is 38.8 Å². The second-order valence-corrected chi connectivity index (χ2v) is 7.50. The molecule has 3 rings (SSSR count). The van der Waals surface area contributed by atoms with Crippen LogP contribution in [0.4, 0.5) is 10.5 Å². The zero-order chi connectivity index (χ0) is 17.9. The van der Waals surface area contributed by atoms with Gasteiger partial charge in [0.15, 0.2) is 0 Å². The van der Waals surface area contributed by atoms with Gasteiger partial charge in [0.05, 0.1) is 0 Å². The fraction of sp³-hybridized carbons (Fsp3) is 0.381. The van der Waals surface area contributed by atoms with Crippen molar-refractivity contribution in [2.75, 3.05) is 18.4 Å². The highest BCUT2D eigenvalue weighted by molar-refractivity contribution is 5.69. The summed E-state index contributed by atoms with van der Waals surface area (Å²) in [5, 5.41) is 3.52. The van der Waals surface area contributed by atoms with Crippen LogP contribution in [0.5, 0.6) is 0 Å². The Hall–Kier alpha value is -2.49. The van der Waals surface area contributed by atoms with E-state index in [1.807, 2.05) is 39.0 Å². The molecule has 0 spiro atoms. The predicted molar refractivity (Wildman–Crippen MR) is 102 cm³/mol. The molecule has 1 aliphatic heterocycles. The second-order valence-electron chi connectivity index (χ2n) is 7.50. The van der Waals surface area contributed by atoms with Crippen LogP contribution in [0.2, 0.25) is 0 Å². The van der Waals surface area contributed by atoms with Gasteiger partial charge in [-0.3, -0.25) is 0 Å². The molecule has 132 valence electrons. The SMILES string of the molecule is CC(C)(C)OC(=O)N1CC[C@H](Nc2ccc(-c3ccccc3)cc2)C1. The van der Waals surface area contributed by atoms with Gasteiger partial charge in [0.25, 0.3) is 0 Å². The minimum atomic E-state index is -0.449. The van der Waals surface area contributed by atoms with Crippen molar-refractivity contribution in [3.63, 3.8) is 0 Å². The number of hydrogen-bond donors (Lipinski definition) is 1. The fourth-order valence-electron chi connectivity index (χ4n) is 3.00. The van der Waals surface area contributed by atoms with Gasteiger partial charge in [-0.15, -0.1) is 0 Å². The third-order valence-corrected chi connectivity index (χ3v) is 4.20. The van der Waals surface area contributed by atoms with Crippen LogP contribution in [-0.4, -0.2) is 35.7 Å². The van der Waals surface area contributed by atoms with Crippen molar-refractivity contribution in [3.8, 4) is 11.1 Å². The Bertz CT molecular complexity index is 705. The summed E-state index contributed by atoms with van der Waals surface area (Å²) in [6.07, 6.45) is 0.705. The van der Waals surface area contributed by atoms with Gasteiger partial charge in [-0.1, -0.05) is 42.5 Å². The number of likely N-dealkylation sites (tertiary alicyclic amines) is 1. The summed E-state index contributed by atoms with van der Waals surface area (Å²) in [4.78, 5) is 13.9. The van der Waals surface area contributed by atoms with Crippen LogP contribution in [0.1, 0.15) is 27.2 Å². The Morgan fingerprint density at radius 2 is 1.68 bits per heavy atom. The average Bonchev–Trinajstić information content (AvgIpc) is 3.04. The molecule has 0 unspecified atom stereocenters. The molecule has 1 fully saturated rings. The van der Waals surface area contributed by atoms with Crippen LogP contribution in [0.25, 0.3) is 11.1 Å². The summed E-state index contributed by atoms with van der Waals surface area (Å²) < 4.78 is 5.44. The Morgan fingerprint density at radius 1 is 1.04 bits per heavy atom. The zero-order valence-corrected chi connectivity index (χ0v) is 15.2. The second kappa shape index (κ2) is 7.18. The lowest BCUT2D eigenvalue weighted by Crippen LogP contribution is -2.36. The van der Waals surface area contributed by atoms with E-state index in [2.05, 4.69) is 41.7 Å². The van der Waals surface area contributed by atoms with Gasteiger partial charge in [-0.05, 0) is 50.5 Å². The molecule has 2 aromatic carbocycles. The first-order valence-electron chi connectivity index (χ1n) is 8.81. The first-order valence-corrected chi connectivity index (χ1v) is 8.81. The van der Waals surface area contributed by atoms with E-state index < -0.39 is 5.60 Å². The van der Waals surface area contributed by atoms with E-state index in [-0.39, 0.29) is 12.1 Å². The van der Waals surface area contributed by atoms with Crippen molar-refractivity contribution >= 4 is 11.8 Å². The molecule has 2 aromatic rings. The number of carbonyl (C=O) groups excluding carboxylic acids is 1. The molecule has 0 aromatic heterocycles. The lowest BCUT2D eigenvalue weighted by molar-refractivity contribution is 0.0293. The molecule has 4 nitrogen and oxygen atoms in total. The zero-order valence-electron chi connectivity index (χ0n) is 15.2. The summed E-state index contributed by atoms with van der Waals surface area (Å²) in [7, 11) is 0. The van der Waals surface area contributed by atoms with E-state index in [4.69, 9.17) is 4.74 Å². The standard InChI is InChI=1S/C21H26N2O2/c1-21(2,3)25-20(24)23-14-13-19(15-23)22-18-11-9-17(10-12-18)16-7-5-4-6-8-16/h4-12,19,22H,13-15H2,1-3H3/t19-/m0/s1.